The number of ether oxygens (including phenoxy) is 1. The molecule has 1 aromatic rings. The van der Waals surface area contributed by atoms with Crippen LogP contribution in [-0.2, 0) is 4.74 Å². The molecule has 120 valence electrons. The highest BCUT2D eigenvalue weighted by atomic mass is 16.5. The van der Waals surface area contributed by atoms with E-state index in [0.717, 1.165) is 31.4 Å². The highest BCUT2D eigenvalue weighted by molar-refractivity contribution is 5.94. The average Bonchev–Trinajstić information content (AvgIpc) is 3.37. The molecule has 6 heteroatoms. The van der Waals surface area contributed by atoms with Gasteiger partial charge in [-0.1, -0.05) is 0 Å². The lowest BCUT2D eigenvalue weighted by molar-refractivity contribution is -0.0110. The molecule has 1 saturated heterocycles. The molecule has 1 atom stereocenters. The van der Waals surface area contributed by atoms with Gasteiger partial charge in [0.1, 0.15) is 0 Å². The van der Waals surface area contributed by atoms with E-state index < -0.39 is 0 Å². The molecule has 1 unspecified atom stereocenters. The largest absolute Gasteiger partial charge is 0.394 e. The molecular weight excluding hydrogens is 284 g/mol. The van der Waals surface area contributed by atoms with Gasteiger partial charge in [0.05, 0.1) is 19.3 Å². The number of piperidine rings is 1. The molecule has 1 aromatic heterocycles. The van der Waals surface area contributed by atoms with Crippen molar-refractivity contribution in [3.05, 3.63) is 33.7 Å². The van der Waals surface area contributed by atoms with Crippen molar-refractivity contribution in [1.29, 1.82) is 0 Å². The van der Waals surface area contributed by atoms with E-state index in [1.165, 1.54) is 6.07 Å². The molecule has 2 fully saturated rings. The number of amides is 1. The van der Waals surface area contributed by atoms with Gasteiger partial charge in [0.2, 0.25) is 5.56 Å². The summed E-state index contributed by atoms with van der Waals surface area (Å²) >= 11 is 0. The van der Waals surface area contributed by atoms with E-state index in [9.17, 15) is 9.59 Å². The van der Waals surface area contributed by atoms with Crippen LogP contribution in [-0.4, -0.2) is 53.3 Å². The van der Waals surface area contributed by atoms with Crippen LogP contribution >= 0.6 is 0 Å². The second kappa shape index (κ2) is 6.62. The van der Waals surface area contributed by atoms with Gasteiger partial charge in [0.15, 0.2) is 0 Å². The molecule has 1 aliphatic carbocycles. The summed E-state index contributed by atoms with van der Waals surface area (Å²) in [6, 6.07) is 3.20. The summed E-state index contributed by atoms with van der Waals surface area (Å²) in [5.74, 6) is 0.299. The molecule has 0 aromatic carbocycles. The van der Waals surface area contributed by atoms with E-state index in [2.05, 4.69) is 4.98 Å². The Morgan fingerprint density at radius 1 is 1.36 bits per heavy atom. The van der Waals surface area contributed by atoms with Crippen LogP contribution in [0.15, 0.2) is 16.9 Å². The minimum atomic E-state index is -0.210. The number of carbonyl (C=O) groups excluding carboxylic acids is 1. The summed E-state index contributed by atoms with van der Waals surface area (Å²) in [6.07, 6.45) is 3.89. The standard InChI is InChI=1S/C16H22N2O4/c19-6-7-22-13-2-1-5-18(10-13)16(21)12-8-14(11-3-4-11)17-15(20)9-12/h8-9,11,13,19H,1-7,10H2,(H,17,20). The highest BCUT2D eigenvalue weighted by Crippen LogP contribution is 2.38. The molecule has 0 spiro atoms. The molecule has 0 radical (unpaired) electrons. The van der Waals surface area contributed by atoms with Gasteiger partial charge in [-0.05, 0) is 37.7 Å². The van der Waals surface area contributed by atoms with Crippen molar-refractivity contribution in [3.8, 4) is 0 Å². The smallest absolute Gasteiger partial charge is 0.254 e. The van der Waals surface area contributed by atoms with Crippen LogP contribution in [0.3, 0.4) is 0 Å². The van der Waals surface area contributed by atoms with Gasteiger partial charge < -0.3 is 19.7 Å². The number of nitrogens with one attached hydrogen (secondary N) is 1. The molecule has 0 bridgehead atoms. The van der Waals surface area contributed by atoms with Crippen LogP contribution in [0.5, 0.6) is 0 Å². The Kier molecular flexibility index (Phi) is 4.59. The van der Waals surface area contributed by atoms with Crippen molar-refractivity contribution in [2.75, 3.05) is 26.3 Å². The van der Waals surface area contributed by atoms with Crippen molar-refractivity contribution < 1.29 is 14.6 Å². The minimum absolute atomic E-state index is 0.0107. The Bertz CT molecular complexity index is 594. The normalized spacial score (nSPS) is 21.9. The van der Waals surface area contributed by atoms with E-state index >= 15 is 0 Å². The molecule has 1 saturated carbocycles. The third-order valence-electron chi connectivity index (χ3n) is 4.24. The summed E-state index contributed by atoms with van der Waals surface area (Å²) < 4.78 is 5.53. The van der Waals surface area contributed by atoms with E-state index in [0.29, 0.717) is 31.2 Å². The van der Waals surface area contributed by atoms with Crippen LogP contribution in [0.2, 0.25) is 0 Å². The number of hydrogen-bond donors (Lipinski definition) is 2. The summed E-state index contributed by atoms with van der Waals surface area (Å²) in [5, 5.41) is 8.83. The SMILES string of the molecule is O=C(c1cc(C2CC2)[nH]c(=O)c1)N1CCCC(OCCO)C1. The van der Waals surface area contributed by atoms with Gasteiger partial charge in [-0.25, -0.2) is 0 Å². The zero-order valence-corrected chi connectivity index (χ0v) is 12.6. The number of nitrogens with zero attached hydrogens (tertiary/aromatic N) is 1. The topological polar surface area (TPSA) is 82.6 Å². The first-order valence-corrected chi connectivity index (χ1v) is 7.93. The maximum Gasteiger partial charge on any atom is 0.254 e. The number of aromatic amines is 1. The molecule has 1 aliphatic heterocycles. The summed E-state index contributed by atoms with van der Waals surface area (Å²) in [5.41, 5.74) is 1.13. The average molecular weight is 306 g/mol. The Labute approximate surface area is 129 Å². The van der Waals surface area contributed by atoms with E-state index in [-0.39, 0.29) is 24.2 Å². The van der Waals surface area contributed by atoms with Crippen LogP contribution < -0.4 is 5.56 Å². The molecule has 2 N–H and O–H groups in total. The number of likely N-dealkylation sites (tertiary alicyclic amines) is 1. The Hall–Kier alpha value is -1.66. The highest BCUT2D eigenvalue weighted by Gasteiger charge is 2.28. The number of aromatic nitrogens is 1. The number of carbonyl (C=O) groups is 1. The lowest BCUT2D eigenvalue weighted by Gasteiger charge is -2.32. The predicted octanol–water partition coefficient (Wildman–Crippen LogP) is 0.866. The van der Waals surface area contributed by atoms with Gasteiger partial charge in [-0.15, -0.1) is 0 Å². The number of rotatable bonds is 5. The van der Waals surface area contributed by atoms with Crippen LogP contribution in [0, 0.1) is 0 Å². The van der Waals surface area contributed by atoms with Gasteiger partial charge in [0.25, 0.3) is 5.91 Å². The van der Waals surface area contributed by atoms with Crippen LogP contribution in [0.25, 0.3) is 0 Å². The number of pyridine rings is 1. The van der Waals surface area contributed by atoms with E-state index in [1.54, 1.807) is 4.90 Å². The number of aliphatic hydroxyl groups excluding tert-OH is 1. The first-order valence-electron chi connectivity index (χ1n) is 7.93. The number of hydrogen-bond acceptors (Lipinski definition) is 4. The molecule has 2 heterocycles. The fourth-order valence-electron chi connectivity index (χ4n) is 2.96. The van der Waals surface area contributed by atoms with E-state index in [1.807, 2.05) is 6.07 Å². The summed E-state index contributed by atoms with van der Waals surface area (Å²) in [7, 11) is 0. The number of H-pyrrole nitrogens is 1. The lowest BCUT2D eigenvalue weighted by atomic mass is 10.1. The second-order valence-electron chi connectivity index (χ2n) is 6.07. The maximum atomic E-state index is 12.6. The lowest BCUT2D eigenvalue weighted by Crippen LogP contribution is -2.43. The third kappa shape index (κ3) is 3.56. The van der Waals surface area contributed by atoms with Gasteiger partial charge in [-0.2, -0.15) is 0 Å². The first-order chi connectivity index (χ1) is 10.7. The Morgan fingerprint density at radius 3 is 2.91 bits per heavy atom. The van der Waals surface area contributed by atoms with Gasteiger partial charge in [-0.3, -0.25) is 9.59 Å². The van der Waals surface area contributed by atoms with Crippen LogP contribution in [0.1, 0.15) is 47.7 Å². The fourth-order valence-corrected chi connectivity index (χ4v) is 2.96. The Balaban J connectivity index is 1.71. The Morgan fingerprint density at radius 2 is 2.18 bits per heavy atom. The summed E-state index contributed by atoms with van der Waals surface area (Å²) in [4.78, 5) is 29.0. The molecule has 2 aliphatic rings. The minimum Gasteiger partial charge on any atom is -0.394 e. The van der Waals surface area contributed by atoms with Gasteiger partial charge >= 0.3 is 0 Å². The molecule has 22 heavy (non-hydrogen) atoms. The van der Waals surface area contributed by atoms with Crippen molar-refractivity contribution in [3.63, 3.8) is 0 Å². The van der Waals surface area contributed by atoms with Gasteiger partial charge in [0, 0.05) is 30.4 Å². The van der Waals surface area contributed by atoms with Crippen molar-refractivity contribution in [1.82, 2.24) is 9.88 Å². The zero-order chi connectivity index (χ0) is 15.5. The van der Waals surface area contributed by atoms with E-state index in [4.69, 9.17) is 9.84 Å². The third-order valence-corrected chi connectivity index (χ3v) is 4.24. The molecular formula is C16H22N2O4. The number of aliphatic hydroxyl groups is 1. The quantitative estimate of drug-likeness (QED) is 0.845. The van der Waals surface area contributed by atoms with Crippen molar-refractivity contribution >= 4 is 5.91 Å². The molecule has 1 amide bonds. The second-order valence-corrected chi connectivity index (χ2v) is 6.07. The first kappa shape index (κ1) is 15.2. The zero-order valence-electron chi connectivity index (χ0n) is 12.6. The monoisotopic (exact) mass is 306 g/mol. The van der Waals surface area contributed by atoms with Crippen molar-refractivity contribution in [2.24, 2.45) is 0 Å². The molecule has 6 nitrogen and oxygen atoms in total. The van der Waals surface area contributed by atoms with Crippen LogP contribution in [0.4, 0.5) is 0 Å². The summed E-state index contributed by atoms with van der Waals surface area (Å²) in [6.45, 7) is 1.49. The predicted molar refractivity (Wildman–Crippen MR) is 81.0 cm³/mol. The maximum absolute atomic E-state index is 12.6. The van der Waals surface area contributed by atoms with Crippen molar-refractivity contribution in [2.45, 2.75) is 37.7 Å². The fraction of sp³-hybridized carbons (Fsp3) is 0.625. The molecule has 3 rings (SSSR count).